The van der Waals surface area contributed by atoms with E-state index in [2.05, 4.69) is 24.0 Å². The highest BCUT2D eigenvalue weighted by atomic mass is 16.4. The van der Waals surface area contributed by atoms with Gasteiger partial charge >= 0.3 is 5.63 Å². The molecule has 1 atom stereocenters. The highest BCUT2D eigenvalue weighted by Gasteiger charge is 2.27. The molecule has 2 aromatic carbocycles. The fraction of sp³-hybridized carbons (Fsp3) is 0.333. The first-order valence-electron chi connectivity index (χ1n) is 9.94. The SMILES string of the molecule is CCC(c1c(C)c2cc(-c3ccc(C#N)cc3)ccc2oc1=O)N1CCCC1. The summed E-state index contributed by atoms with van der Waals surface area (Å²) in [7, 11) is 0. The zero-order chi connectivity index (χ0) is 19.7. The van der Waals surface area contributed by atoms with Gasteiger partial charge in [-0.1, -0.05) is 25.1 Å². The van der Waals surface area contributed by atoms with Crippen LogP contribution in [0.2, 0.25) is 0 Å². The fourth-order valence-corrected chi connectivity index (χ4v) is 4.37. The summed E-state index contributed by atoms with van der Waals surface area (Å²) >= 11 is 0. The predicted octanol–water partition coefficient (Wildman–Crippen LogP) is 5.19. The molecule has 0 radical (unpaired) electrons. The molecule has 0 spiro atoms. The van der Waals surface area contributed by atoms with Crippen LogP contribution < -0.4 is 5.63 Å². The van der Waals surface area contributed by atoms with Crippen molar-refractivity contribution in [3.63, 3.8) is 0 Å². The Balaban J connectivity index is 1.83. The maximum atomic E-state index is 12.8. The second-order valence-corrected chi connectivity index (χ2v) is 7.50. The molecule has 0 N–H and O–H groups in total. The lowest BCUT2D eigenvalue weighted by Gasteiger charge is -2.27. The highest BCUT2D eigenvalue weighted by Crippen LogP contribution is 2.33. The lowest BCUT2D eigenvalue weighted by molar-refractivity contribution is 0.234. The molecule has 3 aromatic rings. The van der Waals surface area contributed by atoms with Crippen LogP contribution in [0.4, 0.5) is 0 Å². The molecule has 4 rings (SSSR count). The smallest absolute Gasteiger partial charge is 0.341 e. The van der Waals surface area contributed by atoms with Crippen LogP contribution in [0.5, 0.6) is 0 Å². The molecule has 0 bridgehead atoms. The molecule has 0 amide bonds. The van der Waals surface area contributed by atoms with Crippen LogP contribution in [0, 0.1) is 18.3 Å². The minimum atomic E-state index is -0.213. The zero-order valence-corrected chi connectivity index (χ0v) is 16.4. The average Bonchev–Trinajstić information content (AvgIpc) is 3.25. The quantitative estimate of drug-likeness (QED) is 0.592. The number of nitrogens with zero attached hydrogens (tertiary/aromatic N) is 2. The second kappa shape index (κ2) is 7.61. The summed E-state index contributed by atoms with van der Waals surface area (Å²) < 4.78 is 5.72. The number of rotatable bonds is 4. The van der Waals surface area contributed by atoms with Gasteiger partial charge in [0.25, 0.3) is 0 Å². The first kappa shape index (κ1) is 18.5. The van der Waals surface area contributed by atoms with Crippen molar-refractivity contribution in [2.45, 2.75) is 39.2 Å². The molecular weight excluding hydrogens is 348 g/mol. The molecule has 142 valence electrons. The third kappa shape index (κ3) is 3.23. The molecule has 1 unspecified atom stereocenters. The van der Waals surface area contributed by atoms with Gasteiger partial charge in [-0.25, -0.2) is 4.79 Å². The molecule has 1 aromatic heterocycles. The number of nitriles is 1. The van der Waals surface area contributed by atoms with Gasteiger partial charge in [-0.05, 0) is 80.2 Å². The van der Waals surface area contributed by atoms with Crippen molar-refractivity contribution in [3.05, 3.63) is 69.6 Å². The average molecular weight is 372 g/mol. The Labute approximate surface area is 165 Å². The lowest BCUT2D eigenvalue weighted by atomic mass is 9.95. The molecule has 1 aliphatic rings. The van der Waals surface area contributed by atoms with Crippen molar-refractivity contribution in [1.82, 2.24) is 4.90 Å². The number of benzene rings is 2. The van der Waals surface area contributed by atoms with E-state index in [1.807, 2.05) is 43.3 Å². The van der Waals surface area contributed by atoms with Crippen LogP contribution in [0.25, 0.3) is 22.1 Å². The van der Waals surface area contributed by atoms with Crippen LogP contribution in [-0.4, -0.2) is 18.0 Å². The van der Waals surface area contributed by atoms with Gasteiger partial charge in [0.1, 0.15) is 5.58 Å². The van der Waals surface area contributed by atoms with E-state index >= 15 is 0 Å². The van der Waals surface area contributed by atoms with E-state index in [0.29, 0.717) is 11.1 Å². The molecule has 2 heterocycles. The van der Waals surface area contributed by atoms with Crippen LogP contribution in [0.1, 0.15) is 48.9 Å². The van der Waals surface area contributed by atoms with E-state index < -0.39 is 0 Å². The van der Waals surface area contributed by atoms with E-state index in [0.717, 1.165) is 47.2 Å². The van der Waals surface area contributed by atoms with Gasteiger partial charge in [0.2, 0.25) is 0 Å². The van der Waals surface area contributed by atoms with Crippen LogP contribution in [0.3, 0.4) is 0 Å². The van der Waals surface area contributed by atoms with Gasteiger partial charge in [0.15, 0.2) is 0 Å². The Morgan fingerprint density at radius 2 is 1.79 bits per heavy atom. The molecule has 0 saturated carbocycles. The summed E-state index contributed by atoms with van der Waals surface area (Å²) in [6, 6.07) is 15.7. The van der Waals surface area contributed by atoms with Crippen LogP contribution >= 0.6 is 0 Å². The van der Waals surface area contributed by atoms with Crippen molar-refractivity contribution in [3.8, 4) is 17.2 Å². The van der Waals surface area contributed by atoms with Gasteiger partial charge in [0.05, 0.1) is 17.2 Å². The Morgan fingerprint density at radius 1 is 1.11 bits per heavy atom. The van der Waals surface area contributed by atoms with Gasteiger partial charge in [0, 0.05) is 11.4 Å². The number of likely N-dealkylation sites (tertiary alicyclic amines) is 1. The maximum Gasteiger partial charge on any atom is 0.341 e. The summed E-state index contributed by atoms with van der Waals surface area (Å²) in [5.41, 5.74) is 4.96. The Morgan fingerprint density at radius 3 is 2.43 bits per heavy atom. The lowest BCUT2D eigenvalue weighted by Crippen LogP contribution is -2.30. The van der Waals surface area contributed by atoms with Crippen LogP contribution in [0.15, 0.2) is 51.7 Å². The fourth-order valence-electron chi connectivity index (χ4n) is 4.37. The molecule has 1 aliphatic heterocycles. The monoisotopic (exact) mass is 372 g/mol. The minimum Gasteiger partial charge on any atom is -0.422 e. The maximum absolute atomic E-state index is 12.8. The minimum absolute atomic E-state index is 0.113. The number of hydrogen-bond donors (Lipinski definition) is 0. The summed E-state index contributed by atoms with van der Waals surface area (Å²) in [6.45, 7) is 6.26. The van der Waals surface area contributed by atoms with E-state index in [1.54, 1.807) is 0 Å². The van der Waals surface area contributed by atoms with E-state index in [4.69, 9.17) is 9.68 Å². The van der Waals surface area contributed by atoms with E-state index in [-0.39, 0.29) is 11.7 Å². The molecular formula is C24H24N2O2. The summed E-state index contributed by atoms with van der Waals surface area (Å²) in [6.07, 6.45) is 3.28. The number of hydrogen-bond acceptors (Lipinski definition) is 4. The summed E-state index contributed by atoms with van der Waals surface area (Å²) in [5, 5.41) is 9.98. The molecule has 1 saturated heterocycles. The van der Waals surface area contributed by atoms with Gasteiger partial charge in [-0.3, -0.25) is 4.90 Å². The Kier molecular flexibility index (Phi) is 5.02. The third-order valence-electron chi connectivity index (χ3n) is 5.86. The van der Waals surface area contributed by atoms with Crippen LogP contribution in [-0.2, 0) is 0 Å². The van der Waals surface area contributed by atoms with Gasteiger partial charge in [-0.2, -0.15) is 5.26 Å². The molecule has 0 aliphatic carbocycles. The number of fused-ring (bicyclic) bond motifs is 1. The van der Waals surface area contributed by atoms with Crippen molar-refractivity contribution in [2.24, 2.45) is 0 Å². The van der Waals surface area contributed by atoms with Crippen molar-refractivity contribution < 1.29 is 4.42 Å². The van der Waals surface area contributed by atoms with Crippen molar-refractivity contribution >= 4 is 11.0 Å². The van der Waals surface area contributed by atoms with Gasteiger partial charge in [-0.15, -0.1) is 0 Å². The second-order valence-electron chi connectivity index (χ2n) is 7.50. The van der Waals surface area contributed by atoms with Crippen molar-refractivity contribution in [2.75, 3.05) is 13.1 Å². The van der Waals surface area contributed by atoms with E-state index in [1.165, 1.54) is 12.8 Å². The molecule has 4 heteroatoms. The van der Waals surface area contributed by atoms with E-state index in [9.17, 15) is 4.79 Å². The third-order valence-corrected chi connectivity index (χ3v) is 5.86. The zero-order valence-electron chi connectivity index (χ0n) is 16.4. The standard InChI is InChI=1S/C24H24N2O2/c1-3-21(26-12-4-5-13-26)23-16(2)20-14-19(10-11-22(20)28-24(23)27)18-8-6-17(15-25)7-9-18/h6-11,14,21H,3-5,12-13H2,1-2H3. The Hall–Kier alpha value is -2.90. The predicted molar refractivity (Wildman–Crippen MR) is 111 cm³/mol. The summed E-state index contributed by atoms with van der Waals surface area (Å²) in [4.78, 5) is 15.2. The first-order valence-corrected chi connectivity index (χ1v) is 9.94. The molecule has 4 nitrogen and oxygen atoms in total. The summed E-state index contributed by atoms with van der Waals surface area (Å²) in [5.74, 6) is 0. The molecule has 1 fully saturated rings. The van der Waals surface area contributed by atoms with Crippen molar-refractivity contribution in [1.29, 1.82) is 5.26 Å². The van der Waals surface area contributed by atoms with Gasteiger partial charge < -0.3 is 4.42 Å². The first-order chi connectivity index (χ1) is 13.6. The molecule has 28 heavy (non-hydrogen) atoms. The topological polar surface area (TPSA) is 57.2 Å². The highest BCUT2D eigenvalue weighted by molar-refractivity contribution is 5.86. The Bertz CT molecular complexity index is 1100. The largest absolute Gasteiger partial charge is 0.422 e. The number of aryl methyl sites for hydroxylation is 1. The normalized spacial score (nSPS) is 15.6.